The lowest BCUT2D eigenvalue weighted by Crippen LogP contribution is -2.44. The first-order valence-corrected chi connectivity index (χ1v) is 10.8. The number of hydrogen-bond acceptors (Lipinski definition) is 5. The molecule has 0 aromatic carbocycles. The lowest BCUT2D eigenvalue weighted by Gasteiger charge is -2.24. The summed E-state index contributed by atoms with van der Waals surface area (Å²) in [5, 5.41) is 8.98. The second-order valence-corrected chi connectivity index (χ2v) is 9.54. The van der Waals surface area contributed by atoms with Crippen LogP contribution in [0.2, 0.25) is 0 Å². The minimum atomic E-state index is -2.99. The van der Waals surface area contributed by atoms with E-state index >= 15 is 0 Å². The molecular weight excluding hydrogens is 330 g/mol. The van der Waals surface area contributed by atoms with Gasteiger partial charge in [0.1, 0.15) is 0 Å². The van der Waals surface area contributed by atoms with Crippen LogP contribution in [-0.2, 0) is 19.4 Å². The van der Waals surface area contributed by atoms with E-state index in [0.29, 0.717) is 18.4 Å². The summed E-state index contributed by atoms with van der Waals surface area (Å²) < 4.78 is 22.7. The second-order valence-electron chi connectivity index (χ2n) is 7.31. The number of hydrogen-bond donors (Lipinski definition) is 3. The summed E-state index contributed by atoms with van der Waals surface area (Å²) in [4.78, 5) is 24.1. The van der Waals surface area contributed by atoms with E-state index in [1.54, 1.807) is 0 Å². The Kier molecular flexibility index (Phi) is 5.44. The summed E-state index contributed by atoms with van der Waals surface area (Å²) in [6, 6.07) is 0.0566. The molecule has 4 unspecified atom stereocenters. The molecule has 3 aliphatic rings. The van der Waals surface area contributed by atoms with Gasteiger partial charge in [-0.3, -0.25) is 9.59 Å². The predicted molar refractivity (Wildman–Crippen MR) is 90.1 cm³/mol. The molecule has 0 radical (unpaired) electrons. The van der Waals surface area contributed by atoms with Crippen molar-refractivity contribution in [3.63, 3.8) is 0 Å². The Labute approximate surface area is 143 Å². The summed E-state index contributed by atoms with van der Waals surface area (Å²) in [5.41, 5.74) is 0. The van der Waals surface area contributed by atoms with Gasteiger partial charge in [-0.2, -0.15) is 0 Å². The first kappa shape index (κ1) is 17.7. The van der Waals surface area contributed by atoms with E-state index in [1.807, 2.05) is 0 Å². The van der Waals surface area contributed by atoms with Gasteiger partial charge < -0.3 is 16.0 Å². The van der Waals surface area contributed by atoms with Gasteiger partial charge >= 0.3 is 0 Å². The number of carbonyl (C=O) groups is 2. The highest BCUT2D eigenvalue weighted by Crippen LogP contribution is 2.33. The van der Waals surface area contributed by atoms with Crippen LogP contribution in [-0.4, -0.2) is 56.4 Å². The molecule has 0 aromatic rings. The van der Waals surface area contributed by atoms with Crippen molar-refractivity contribution in [3.8, 4) is 0 Å². The van der Waals surface area contributed by atoms with E-state index in [2.05, 4.69) is 16.0 Å². The first-order valence-electron chi connectivity index (χ1n) is 8.96. The maximum atomic E-state index is 12.2. The van der Waals surface area contributed by atoms with Crippen LogP contribution in [0.25, 0.3) is 0 Å². The Morgan fingerprint density at radius 1 is 1.12 bits per heavy atom. The van der Waals surface area contributed by atoms with E-state index in [-0.39, 0.29) is 48.4 Å². The van der Waals surface area contributed by atoms with Crippen LogP contribution in [0.1, 0.15) is 44.9 Å². The molecule has 24 heavy (non-hydrogen) atoms. The highest BCUT2D eigenvalue weighted by atomic mass is 32.2. The van der Waals surface area contributed by atoms with E-state index < -0.39 is 9.84 Å². The Morgan fingerprint density at radius 2 is 1.92 bits per heavy atom. The predicted octanol–water partition coefficient (Wildman–Crippen LogP) is -0.283. The van der Waals surface area contributed by atoms with Gasteiger partial charge in [-0.15, -0.1) is 0 Å². The molecule has 2 saturated heterocycles. The zero-order valence-corrected chi connectivity index (χ0v) is 14.7. The molecule has 8 heteroatoms. The fraction of sp³-hybridized carbons (Fsp3) is 0.875. The summed E-state index contributed by atoms with van der Waals surface area (Å²) >= 11 is 0. The maximum Gasteiger partial charge on any atom is 0.237 e. The molecule has 3 N–H and O–H groups in total. The summed E-state index contributed by atoms with van der Waals surface area (Å²) in [6.45, 7) is 0.289. The van der Waals surface area contributed by atoms with Crippen molar-refractivity contribution in [1.29, 1.82) is 0 Å². The SMILES string of the molecule is O=C(CCNC(=O)C1CC2CCCCC2N1)NC1CCS(=O)(=O)C1. The molecule has 4 atom stereocenters. The largest absolute Gasteiger partial charge is 0.354 e. The van der Waals surface area contributed by atoms with Gasteiger partial charge in [0.15, 0.2) is 9.84 Å². The molecule has 0 spiro atoms. The Bertz CT molecular complexity index is 578. The molecule has 3 fully saturated rings. The van der Waals surface area contributed by atoms with Crippen molar-refractivity contribution in [2.45, 2.75) is 63.1 Å². The highest BCUT2D eigenvalue weighted by Gasteiger charge is 2.38. The van der Waals surface area contributed by atoms with Crippen molar-refractivity contribution in [3.05, 3.63) is 0 Å². The third-order valence-electron chi connectivity index (χ3n) is 5.43. The Balaban J connectivity index is 1.34. The minimum Gasteiger partial charge on any atom is -0.354 e. The molecule has 2 amide bonds. The standard InChI is InChI=1S/C16H27N3O4S/c20-15(18-12-6-8-24(22,23)10-12)5-7-17-16(21)14-9-11-3-1-2-4-13(11)19-14/h11-14,19H,1-10H2,(H,17,21)(H,18,20). The summed E-state index contributed by atoms with van der Waals surface area (Å²) in [7, 11) is -2.99. The quantitative estimate of drug-likeness (QED) is 0.628. The summed E-state index contributed by atoms with van der Waals surface area (Å²) in [5.74, 6) is 0.553. The molecular formula is C16H27N3O4S. The van der Waals surface area contributed by atoms with Gasteiger partial charge in [0.05, 0.1) is 17.5 Å². The van der Waals surface area contributed by atoms with E-state index in [9.17, 15) is 18.0 Å². The average Bonchev–Trinajstić information content (AvgIpc) is 3.10. The number of carbonyl (C=O) groups excluding carboxylic acids is 2. The number of sulfone groups is 1. The van der Waals surface area contributed by atoms with Gasteiger partial charge in [-0.25, -0.2) is 8.42 Å². The van der Waals surface area contributed by atoms with Crippen LogP contribution >= 0.6 is 0 Å². The Morgan fingerprint density at radius 3 is 2.62 bits per heavy atom. The second kappa shape index (κ2) is 7.39. The van der Waals surface area contributed by atoms with Crippen LogP contribution in [0.4, 0.5) is 0 Å². The molecule has 1 aliphatic carbocycles. The van der Waals surface area contributed by atoms with Gasteiger partial charge in [-0.1, -0.05) is 12.8 Å². The maximum absolute atomic E-state index is 12.2. The number of fused-ring (bicyclic) bond motifs is 1. The fourth-order valence-electron chi connectivity index (χ4n) is 4.15. The zero-order chi connectivity index (χ0) is 17.2. The van der Waals surface area contributed by atoms with E-state index in [1.165, 1.54) is 19.3 Å². The monoisotopic (exact) mass is 357 g/mol. The molecule has 7 nitrogen and oxygen atoms in total. The molecule has 3 rings (SSSR count). The zero-order valence-electron chi connectivity index (χ0n) is 13.9. The number of nitrogens with one attached hydrogen (secondary N) is 3. The number of rotatable bonds is 5. The lowest BCUT2D eigenvalue weighted by molar-refractivity contribution is -0.123. The van der Waals surface area contributed by atoms with Crippen molar-refractivity contribution >= 4 is 21.7 Å². The fourth-order valence-corrected chi connectivity index (χ4v) is 5.83. The van der Waals surface area contributed by atoms with Crippen molar-refractivity contribution < 1.29 is 18.0 Å². The normalized spacial score (nSPS) is 34.5. The first-order chi connectivity index (χ1) is 11.4. The van der Waals surface area contributed by atoms with E-state index in [4.69, 9.17) is 0 Å². The topological polar surface area (TPSA) is 104 Å². The lowest BCUT2D eigenvalue weighted by atomic mass is 9.85. The molecule has 2 aliphatic heterocycles. The van der Waals surface area contributed by atoms with Crippen LogP contribution in [0.15, 0.2) is 0 Å². The van der Waals surface area contributed by atoms with Gasteiger partial charge in [0, 0.05) is 25.0 Å². The van der Waals surface area contributed by atoms with Crippen molar-refractivity contribution in [1.82, 2.24) is 16.0 Å². The third-order valence-corrected chi connectivity index (χ3v) is 7.20. The van der Waals surface area contributed by atoms with Gasteiger partial charge in [0.25, 0.3) is 0 Å². The van der Waals surface area contributed by atoms with Crippen LogP contribution < -0.4 is 16.0 Å². The van der Waals surface area contributed by atoms with E-state index in [0.717, 1.165) is 12.8 Å². The van der Waals surface area contributed by atoms with Crippen LogP contribution in [0.3, 0.4) is 0 Å². The van der Waals surface area contributed by atoms with Crippen molar-refractivity contribution in [2.75, 3.05) is 18.1 Å². The highest BCUT2D eigenvalue weighted by molar-refractivity contribution is 7.91. The molecule has 1 saturated carbocycles. The number of amides is 2. The van der Waals surface area contributed by atoms with Gasteiger partial charge in [-0.05, 0) is 31.6 Å². The average molecular weight is 357 g/mol. The van der Waals surface area contributed by atoms with Crippen molar-refractivity contribution in [2.24, 2.45) is 5.92 Å². The molecule has 2 heterocycles. The third kappa shape index (κ3) is 4.47. The van der Waals surface area contributed by atoms with Crippen LogP contribution in [0, 0.1) is 5.92 Å². The molecule has 0 bridgehead atoms. The van der Waals surface area contributed by atoms with Crippen LogP contribution in [0.5, 0.6) is 0 Å². The smallest absolute Gasteiger partial charge is 0.237 e. The molecule has 136 valence electrons. The van der Waals surface area contributed by atoms with Gasteiger partial charge in [0.2, 0.25) is 11.8 Å². The summed E-state index contributed by atoms with van der Waals surface area (Å²) in [6.07, 6.45) is 6.41. The Hall–Kier alpha value is -1.15. The molecule has 0 aromatic heterocycles. The minimum absolute atomic E-state index is 0.0272.